The standard InChI is InChI=1S/C26H20OSi/c27-28(24-15-6-2-7-16-24,25-17-8-3-9-18-25)26-19-11-10-14-23(26)21-20-22-12-4-1-5-13-22/h1-19,27H. The molecule has 0 saturated carbocycles. The molecular weight excluding hydrogens is 356 g/mol. The second-order valence-electron chi connectivity index (χ2n) is 6.60. The summed E-state index contributed by atoms with van der Waals surface area (Å²) in [5.74, 6) is 6.54. The number of hydrogen-bond acceptors (Lipinski definition) is 1. The van der Waals surface area contributed by atoms with Crippen LogP contribution >= 0.6 is 0 Å². The Morgan fingerprint density at radius 3 is 1.54 bits per heavy atom. The Hall–Kier alpha value is -3.38. The molecule has 28 heavy (non-hydrogen) atoms. The summed E-state index contributed by atoms with van der Waals surface area (Å²) < 4.78 is 0. The van der Waals surface area contributed by atoms with Crippen molar-refractivity contribution in [3.8, 4) is 11.8 Å². The summed E-state index contributed by atoms with van der Waals surface area (Å²) >= 11 is 0. The van der Waals surface area contributed by atoms with Crippen LogP contribution in [0.4, 0.5) is 0 Å². The van der Waals surface area contributed by atoms with Gasteiger partial charge in [-0.2, -0.15) is 0 Å². The number of rotatable bonds is 3. The van der Waals surface area contributed by atoms with Gasteiger partial charge in [-0.1, -0.05) is 109 Å². The van der Waals surface area contributed by atoms with Gasteiger partial charge in [-0.15, -0.1) is 0 Å². The molecule has 0 aliphatic carbocycles. The number of benzene rings is 4. The van der Waals surface area contributed by atoms with E-state index in [1.807, 2.05) is 115 Å². The fraction of sp³-hybridized carbons (Fsp3) is 0. The molecule has 1 nitrogen and oxygen atoms in total. The van der Waals surface area contributed by atoms with Crippen molar-refractivity contribution in [2.24, 2.45) is 0 Å². The Bertz CT molecular complexity index is 1070. The smallest absolute Gasteiger partial charge is 0.286 e. The lowest BCUT2D eigenvalue weighted by Crippen LogP contribution is -2.68. The molecule has 0 aliphatic heterocycles. The molecule has 1 N–H and O–H groups in total. The molecule has 134 valence electrons. The molecule has 0 spiro atoms. The van der Waals surface area contributed by atoms with Crippen molar-refractivity contribution in [1.29, 1.82) is 0 Å². The Balaban J connectivity index is 1.91. The summed E-state index contributed by atoms with van der Waals surface area (Å²) in [5, 5.41) is 2.82. The maximum Gasteiger partial charge on any atom is 0.286 e. The van der Waals surface area contributed by atoms with E-state index in [0.29, 0.717) is 0 Å². The zero-order valence-corrected chi connectivity index (χ0v) is 16.4. The van der Waals surface area contributed by atoms with Crippen molar-refractivity contribution in [2.75, 3.05) is 0 Å². The van der Waals surface area contributed by atoms with Crippen molar-refractivity contribution < 1.29 is 4.80 Å². The Kier molecular flexibility index (Phi) is 5.21. The third kappa shape index (κ3) is 3.54. The predicted molar refractivity (Wildman–Crippen MR) is 119 cm³/mol. The molecule has 0 aliphatic rings. The molecule has 4 rings (SSSR count). The second kappa shape index (κ2) is 8.10. The topological polar surface area (TPSA) is 20.2 Å². The van der Waals surface area contributed by atoms with Gasteiger partial charge in [-0.3, -0.25) is 0 Å². The molecule has 0 amide bonds. The first-order chi connectivity index (χ1) is 13.8. The van der Waals surface area contributed by atoms with E-state index in [0.717, 1.165) is 26.7 Å². The third-order valence-corrected chi connectivity index (χ3v) is 8.37. The SMILES string of the molecule is O[Si](c1ccccc1)(c1ccccc1)c1ccccc1C#Cc1ccccc1. The zero-order valence-electron chi connectivity index (χ0n) is 15.4. The van der Waals surface area contributed by atoms with E-state index >= 15 is 0 Å². The van der Waals surface area contributed by atoms with Gasteiger partial charge in [-0.05, 0) is 33.8 Å². The summed E-state index contributed by atoms with van der Waals surface area (Å²) in [4.78, 5) is 12.2. The fourth-order valence-corrected chi connectivity index (χ4v) is 6.58. The Morgan fingerprint density at radius 1 is 0.500 bits per heavy atom. The molecule has 0 saturated heterocycles. The van der Waals surface area contributed by atoms with Crippen molar-refractivity contribution in [1.82, 2.24) is 0 Å². The lowest BCUT2D eigenvalue weighted by molar-refractivity contribution is 0.583. The maximum atomic E-state index is 12.2. The van der Waals surface area contributed by atoms with Gasteiger partial charge in [0.05, 0.1) is 0 Å². The average Bonchev–Trinajstić information content (AvgIpc) is 2.79. The summed E-state index contributed by atoms with van der Waals surface area (Å²) in [6.45, 7) is 0. The fourth-order valence-electron chi connectivity index (χ4n) is 3.40. The van der Waals surface area contributed by atoms with E-state index in [1.54, 1.807) is 0 Å². The van der Waals surface area contributed by atoms with Crippen LogP contribution in [0.25, 0.3) is 0 Å². The van der Waals surface area contributed by atoms with Crippen molar-refractivity contribution in [3.05, 3.63) is 126 Å². The third-order valence-electron chi connectivity index (χ3n) is 4.82. The summed E-state index contributed by atoms with van der Waals surface area (Å²) in [6, 6.07) is 37.8. The van der Waals surface area contributed by atoms with Gasteiger partial charge in [-0.25, -0.2) is 0 Å². The number of hydrogen-bond donors (Lipinski definition) is 1. The van der Waals surface area contributed by atoms with Crippen molar-refractivity contribution in [2.45, 2.75) is 0 Å². The average molecular weight is 377 g/mol. The van der Waals surface area contributed by atoms with Gasteiger partial charge in [0.1, 0.15) is 0 Å². The molecule has 2 heteroatoms. The van der Waals surface area contributed by atoms with Gasteiger partial charge >= 0.3 is 0 Å². The minimum atomic E-state index is -3.16. The molecule has 0 fully saturated rings. The highest BCUT2D eigenvalue weighted by Crippen LogP contribution is 2.08. The van der Waals surface area contributed by atoms with E-state index in [9.17, 15) is 4.80 Å². The van der Waals surface area contributed by atoms with Gasteiger partial charge in [0.15, 0.2) is 0 Å². The van der Waals surface area contributed by atoms with E-state index in [4.69, 9.17) is 0 Å². The van der Waals surface area contributed by atoms with E-state index < -0.39 is 8.32 Å². The normalized spacial score (nSPS) is 10.8. The van der Waals surface area contributed by atoms with Gasteiger partial charge in [0.25, 0.3) is 8.32 Å². The van der Waals surface area contributed by atoms with E-state index in [2.05, 4.69) is 11.8 Å². The minimum Gasteiger partial charge on any atom is -0.421 e. The summed E-state index contributed by atoms with van der Waals surface area (Å²) in [5.41, 5.74) is 1.83. The molecule has 0 bridgehead atoms. The molecule has 0 radical (unpaired) electrons. The van der Waals surface area contributed by atoms with E-state index in [-0.39, 0.29) is 0 Å². The van der Waals surface area contributed by atoms with Crippen LogP contribution in [0.5, 0.6) is 0 Å². The van der Waals surface area contributed by atoms with Crippen LogP contribution in [0.1, 0.15) is 11.1 Å². The van der Waals surface area contributed by atoms with Crippen LogP contribution < -0.4 is 15.6 Å². The maximum absolute atomic E-state index is 12.2. The Morgan fingerprint density at radius 2 is 0.964 bits per heavy atom. The first-order valence-electron chi connectivity index (χ1n) is 9.28. The van der Waals surface area contributed by atoms with Crippen LogP contribution in [0.3, 0.4) is 0 Å². The highest BCUT2D eigenvalue weighted by atomic mass is 28.4. The second-order valence-corrected chi connectivity index (χ2v) is 9.72. The van der Waals surface area contributed by atoms with Crippen molar-refractivity contribution in [3.63, 3.8) is 0 Å². The van der Waals surface area contributed by atoms with Crippen molar-refractivity contribution >= 4 is 23.9 Å². The van der Waals surface area contributed by atoms with Gasteiger partial charge in [0, 0.05) is 11.1 Å². The van der Waals surface area contributed by atoms with E-state index in [1.165, 1.54) is 0 Å². The monoisotopic (exact) mass is 376 g/mol. The lowest BCUT2D eigenvalue weighted by Gasteiger charge is -2.28. The molecule has 4 aromatic carbocycles. The molecule has 0 heterocycles. The van der Waals surface area contributed by atoms with Crippen LogP contribution in [0, 0.1) is 11.8 Å². The Labute approximate surface area is 167 Å². The highest BCUT2D eigenvalue weighted by molar-refractivity contribution is 7.06. The molecule has 4 aromatic rings. The van der Waals surface area contributed by atoms with Crippen LogP contribution in [0.15, 0.2) is 115 Å². The van der Waals surface area contributed by atoms with Crippen LogP contribution in [-0.2, 0) is 0 Å². The molecular formula is C26H20OSi. The minimum absolute atomic E-state index is 0.869. The lowest BCUT2D eigenvalue weighted by atomic mass is 10.2. The van der Waals surface area contributed by atoms with Crippen LogP contribution in [-0.4, -0.2) is 13.1 Å². The van der Waals surface area contributed by atoms with Gasteiger partial charge in [0.2, 0.25) is 0 Å². The first kappa shape index (κ1) is 18.0. The molecule has 0 unspecified atom stereocenters. The van der Waals surface area contributed by atoms with Gasteiger partial charge < -0.3 is 4.80 Å². The predicted octanol–water partition coefficient (Wildman–Crippen LogP) is 3.05. The highest BCUT2D eigenvalue weighted by Gasteiger charge is 2.39. The molecule has 0 aromatic heterocycles. The first-order valence-corrected chi connectivity index (χ1v) is 11.2. The zero-order chi connectivity index (χ0) is 19.2. The largest absolute Gasteiger partial charge is 0.421 e. The summed E-state index contributed by atoms with van der Waals surface area (Å²) in [6.07, 6.45) is 0. The quantitative estimate of drug-likeness (QED) is 0.331. The van der Waals surface area contributed by atoms with Crippen LogP contribution in [0.2, 0.25) is 0 Å². The molecule has 0 atom stereocenters. The summed E-state index contributed by atoms with van der Waals surface area (Å²) in [7, 11) is -3.16.